The standard InChI is InChI=1S/C34H54N4O5/c1-6-13-28(34(43)37-29(22-26-16-11-8-12-17-26)32(41)30(39)20-24(2)3)36-33(42)27(21-25-14-9-7-10-15-25)23-31(40)38(5)19-18-35-4/h1,7,9-10,14-15,24,26-30,32,35,39,41H,8,11-13,16-23H2,2-5H3,(H,36,42)(H,37,43)/t27?,28-,29?,30-,32+/m0/s1. The molecule has 1 aromatic rings. The van der Waals surface area contributed by atoms with E-state index in [1.807, 2.05) is 51.2 Å². The highest BCUT2D eigenvalue weighted by molar-refractivity contribution is 5.91. The molecule has 43 heavy (non-hydrogen) atoms. The van der Waals surface area contributed by atoms with Gasteiger partial charge in [0, 0.05) is 33.0 Å². The van der Waals surface area contributed by atoms with Crippen molar-refractivity contribution in [1.82, 2.24) is 20.9 Å². The van der Waals surface area contributed by atoms with Gasteiger partial charge in [0.05, 0.1) is 18.1 Å². The molecule has 0 aromatic heterocycles. The van der Waals surface area contributed by atoms with Crippen LogP contribution in [0.1, 0.15) is 77.2 Å². The second-order valence-electron chi connectivity index (χ2n) is 12.5. The molecule has 1 aliphatic rings. The van der Waals surface area contributed by atoms with E-state index in [2.05, 4.69) is 21.9 Å². The van der Waals surface area contributed by atoms with Crippen molar-refractivity contribution < 1.29 is 24.6 Å². The summed E-state index contributed by atoms with van der Waals surface area (Å²) in [4.78, 5) is 41.8. The minimum Gasteiger partial charge on any atom is -0.390 e. The number of carbonyl (C=O) groups is 3. The monoisotopic (exact) mass is 598 g/mol. The Morgan fingerprint density at radius 2 is 1.72 bits per heavy atom. The van der Waals surface area contributed by atoms with Crippen molar-refractivity contribution in [3.8, 4) is 12.3 Å². The minimum absolute atomic E-state index is 0.0181. The Balaban J connectivity index is 2.21. The van der Waals surface area contributed by atoms with Gasteiger partial charge in [-0.25, -0.2) is 0 Å². The minimum atomic E-state index is -1.15. The van der Waals surface area contributed by atoms with Gasteiger partial charge >= 0.3 is 0 Å². The number of benzene rings is 1. The highest BCUT2D eigenvalue weighted by Gasteiger charge is 2.34. The number of nitrogens with one attached hydrogen (secondary N) is 3. The third-order valence-electron chi connectivity index (χ3n) is 8.35. The van der Waals surface area contributed by atoms with Crippen molar-refractivity contribution in [3.63, 3.8) is 0 Å². The van der Waals surface area contributed by atoms with Crippen LogP contribution in [0.3, 0.4) is 0 Å². The molecule has 2 rings (SSSR count). The summed E-state index contributed by atoms with van der Waals surface area (Å²) in [6, 6.07) is 7.73. The van der Waals surface area contributed by atoms with Gasteiger partial charge in [-0.2, -0.15) is 0 Å². The van der Waals surface area contributed by atoms with Crippen LogP contribution in [0.4, 0.5) is 0 Å². The van der Waals surface area contributed by atoms with E-state index in [1.54, 1.807) is 11.9 Å². The van der Waals surface area contributed by atoms with Gasteiger partial charge in [-0.1, -0.05) is 76.3 Å². The molecule has 5 atom stereocenters. The Morgan fingerprint density at radius 1 is 1.05 bits per heavy atom. The fourth-order valence-electron chi connectivity index (χ4n) is 5.78. The second-order valence-corrected chi connectivity index (χ2v) is 12.5. The second kappa shape index (κ2) is 19.4. The van der Waals surface area contributed by atoms with E-state index in [0.717, 1.165) is 31.2 Å². The highest BCUT2D eigenvalue weighted by Crippen LogP contribution is 2.29. The first-order valence-corrected chi connectivity index (χ1v) is 15.9. The van der Waals surface area contributed by atoms with E-state index in [0.29, 0.717) is 38.3 Å². The summed E-state index contributed by atoms with van der Waals surface area (Å²) in [6.45, 7) is 5.07. The maximum atomic E-state index is 13.6. The van der Waals surface area contributed by atoms with Crippen molar-refractivity contribution in [2.75, 3.05) is 27.2 Å². The number of rotatable bonds is 18. The number of aliphatic hydroxyl groups is 2. The number of hydrogen-bond acceptors (Lipinski definition) is 6. The Labute approximate surface area is 258 Å². The fraction of sp³-hybridized carbons (Fsp3) is 0.676. The predicted octanol–water partition coefficient (Wildman–Crippen LogP) is 2.64. The van der Waals surface area contributed by atoms with Crippen LogP contribution in [0.2, 0.25) is 0 Å². The number of aliphatic hydroxyl groups excluding tert-OH is 2. The van der Waals surface area contributed by atoms with Gasteiger partial charge in [0.1, 0.15) is 12.1 Å². The molecule has 1 aromatic carbocycles. The molecule has 9 heteroatoms. The van der Waals surface area contributed by atoms with Crippen LogP contribution < -0.4 is 16.0 Å². The van der Waals surface area contributed by atoms with Crippen molar-refractivity contribution in [3.05, 3.63) is 35.9 Å². The molecule has 0 aliphatic heterocycles. The molecular formula is C34H54N4O5. The normalized spacial score (nSPS) is 17.3. The molecule has 1 saturated carbocycles. The molecule has 2 unspecified atom stereocenters. The van der Waals surface area contributed by atoms with Crippen molar-refractivity contribution >= 4 is 17.7 Å². The summed E-state index contributed by atoms with van der Waals surface area (Å²) in [5.74, 6) is 1.18. The number of carbonyl (C=O) groups excluding carboxylic acids is 3. The van der Waals surface area contributed by atoms with Crippen LogP contribution >= 0.6 is 0 Å². The molecule has 1 aliphatic carbocycles. The van der Waals surface area contributed by atoms with Crippen LogP contribution in [0.15, 0.2) is 30.3 Å². The molecule has 0 spiro atoms. The number of nitrogens with zero attached hydrogens (tertiary/aromatic N) is 1. The van der Waals surface area contributed by atoms with Crippen LogP contribution in [-0.2, 0) is 20.8 Å². The molecular weight excluding hydrogens is 544 g/mol. The van der Waals surface area contributed by atoms with E-state index in [9.17, 15) is 24.6 Å². The third kappa shape index (κ3) is 13.1. The summed E-state index contributed by atoms with van der Waals surface area (Å²) in [5, 5.41) is 30.6. The van der Waals surface area contributed by atoms with Crippen LogP contribution in [0.5, 0.6) is 0 Å². The van der Waals surface area contributed by atoms with E-state index in [-0.39, 0.29) is 24.7 Å². The largest absolute Gasteiger partial charge is 0.390 e. The van der Waals surface area contributed by atoms with Gasteiger partial charge < -0.3 is 31.1 Å². The molecule has 9 nitrogen and oxygen atoms in total. The van der Waals surface area contributed by atoms with E-state index < -0.39 is 42.0 Å². The van der Waals surface area contributed by atoms with Gasteiger partial charge in [0.15, 0.2) is 0 Å². The Bertz CT molecular complexity index is 1020. The van der Waals surface area contributed by atoms with Crippen LogP contribution in [-0.4, -0.2) is 84.3 Å². The SMILES string of the molecule is C#CC[C@H](NC(=O)C(CC(=O)N(C)CCNC)Cc1ccccc1)C(=O)NC(CC1CCCCC1)[C@@H](O)[C@@H](O)CC(C)C. The lowest BCUT2D eigenvalue weighted by Gasteiger charge is -2.33. The number of terminal acetylenes is 1. The molecule has 0 radical (unpaired) electrons. The number of likely N-dealkylation sites (N-methyl/N-ethyl adjacent to an activating group) is 2. The number of hydrogen-bond donors (Lipinski definition) is 5. The van der Waals surface area contributed by atoms with Crippen molar-refractivity contribution in [2.45, 2.75) is 102 Å². The van der Waals surface area contributed by atoms with Gasteiger partial charge in [0.25, 0.3) is 0 Å². The van der Waals surface area contributed by atoms with Gasteiger partial charge in [-0.15, -0.1) is 12.3 Å². The highest BCUT2D eigenvalue weighted by atomic mass is 16.3. The van der Waals surface area contributed by atoms with Gasteiger partial charge in [0.2, 0.25) is 17.7 Å². The van der Waals surface area contributed by atoms with E-state index in [1.165, 1.54) is 6.42 Å². The summed E-state index contributed by atoms with van der Waals surface area (Å²) in [5.41, 5.74) is 0.904. The lowest BCUT2D eigenvalue weighted by molar-refractivity contribution is -0.136. The first-order chi connectivity index (χ1) is 20.5. The van der Waals surface area contributed by atoms with Crippen LogP contribution in [0.25, 0.3) is 0 Å². The molecule has 0 bridgehead atoms. The molecule has 3 amide bonds. The maximum absolute atomic E-state index is 13.6. The molecule has 0 heterocycles. The zero-order valence-corrected chi connectivity index (χ0v) is 26.6. The predicted molar refractivity (Wildman–Crippen MR) is 170 cm³/mol. The molecule has 240 valence electrons. The van der Waals surface area contributed by atoms with Gasteiger partial charge in [-0.05, 0) is 43.7 Å². The van der Waals surface area contributed by atoms with E-state index >= 15 is 0 Å². The van der Waals surface area contributed by atoms with Crippen LogP contribution in [0, 0.1) is 30.1 Å². The van der Waals surface area contributed by atoms with Gasteiger partial charge in [-0.3, -0.25) is 14.4 Å². The average molecular weight is 599 g/mol. The third-order valence-corrected chi connectivity index (χ3v) is 8.35. The smallest absolute Gasteiger partial charge is 0.243 e. The summed E-state index contributed by atoms with van der Waals surface area (Å²) in [6.07, 6.45) is 10.1. The summed E-state index contributed by atoms with van der Waals surface area (Å²) >= 11 is 0. The Hall–Kier alpha value is -2.93. The Morgan fingerprint density at radius 3 is 2.33 bits per heavy atom. The van der Waals surface area contributed by atoms with Crippen molar-refractivity contribution in [2.24, 2.45) is 17.8 Å². The summed E-state index contributed by atoms with van der Waals surface area (Å²) in [7, 11) is 3.52. The maximum Gasteiger partial charge on any atom is 0.243 e. The quantitative estimate of drug-likeness (QED) is 0.165. The Kier molecular flexibility index (Phi) is 16.3. The molecule has 5 N–H and O–H groups in total. The molecule has 0 saturated heterocycles. The first-order valence-electron chi connectivity index (χ1n) is 15.9. The lowest BCUT2D eigenvalue weighted by atomic mass is 9.82. The summed E-state index contributed by atoms with van der Waals surface area (Å²) < 4.78 is 0. The molecule has 1 fully saturated rings. The first kappa shape index (κ1) is 36.3. The fourth-order valence-corrected chi connectivity index (χ4v) is 5.78. The zero-order valence-electron chi connectivity index (χ0n) is 26.6. The topological polar surface area (TPSA) is 131 Å². The number of amides is 3. The van der Waals surface area contributed by atoms with E-state index in [4.69, 9.17) is 6.42 Å². The lowest BCUT2D eigenvalue weighted by Crippen LogP contribution is -2.56. The zero-order chi connectivity index (χ0) is 31.8. The average Bonchev–Trinajstić information content (AvgIpc) is 2.99. The van der Waals surface area contributed by atoms with Crippen molar-refractivity contribution in [1.29, 1.82) is 0 Å².